The molecular weight excluding hydrogens is 320 g/mol. The summed E-state index contributed by atoms with van der Waals surface area (Å²) in [5.41, 5.74) is -0.361. The topological polar surface area (TPSA) is 70.7 Å². The van der Waals surface area contributed by atoms with Crippen LogP contribution in [0.2, 0.25) is 0 Å². The van der Waals surface area contributed by atoms with Gasteiger partial charge in [-0.3, -0.25) is 14.5 Å². The van der Waals surface area contributed by atoms with Crippen LogP contribution in [0.5, 0.6) is 0 Å². The lowest BCUT2D eigenvalue weighted by atomic mass is 10.1. The standard InChI is InChI=1S/C16H21F2N3O3/c1-24-9-8-21-7-3-4-11(10-21)19-15(22)16(23)20-13-6-2-5-12(17)14(13)18/h2,5-6,11H,3-4,7-10H2,1H3,(H,19,22)(H,20,23)/t11-/m1/s1. The molecule has 2 rings (SSSR count). The van der Waals surface area contributed by atoms with Gasteiger partial charge in [-0.1, -0.05) is 6.07 Å². The molecule has 0 aromatic heterocycles. The summed E-state index contributed by atoms with van der Waals surface area (Å²) in [5, 5.41) is 4.72. The van der Waals surface area contributed by atoms with E-state index < -0.39 is 23.4 Å². The van der Waals surface area contributed by atoms with Crippen molar-refractivity contribution in [1.29, 1.82) is 0 Å². The van der Waals surface area contributed by atoms with Gasteiger partial charge in [0.05, 0.1) is 12.3 Å². The van der Waals surface area contributed by atoms with E-state index in [2.05, 4.69) is 15.5 Å². The molecule has 1 aromatic carbocycles. The van der Waals surface area contributed by atoms with Crippen LogP contribution >= 0.6 is 0 Å². The molecular formula is C16H21F2N3O3. The van der Waals surface area contributed by atoms with Crippen LogP contribution in [0.4, 0.5) is 14.5 Å². The Bertz CT molecular complexity index is 598. The van der Waals surface area contributed by atoms with Crippen LogP contribution in [0.15, 0.2) is 18.2 Å². The summed E-state index contributed by atoms with van der Waals surface area (Å²) in [7, 11) is 1.62. The Labute approximate surface area is 139 Å². The second kappa shape index (κ2) is 8.70. The van der Waals surface area contributed by atoms with Gasteiger partial charge in [-0.25, -0.2) is 8.78 Å². The molecule has 0 bridgehead atoms. The lowest BCUT2D eigenvalue weighted by Gasteiger charge is -2.32. The van der Waals surface area contributed by atoms with E-state index in [-0.39, 0.29) is 11.7 Å². The Morgan fingerprint density at radius 3 is 2.88 bits per heavy atom. The third-order valence-electron chi connectivity index (χ3n) is 3.86. The summed E-state index contributed by atoms with van der Waals surface area (Å²) in [4.78, 5) is 25.9. The molecule has 1 saturated heterocycles. The maximum absolute atomic E-state index is 13.5. The van der Waals surface area contributed by atoms with Crippen LogP contribution in [0, 0.1) is 11.6 Å². The fourth-order valence-corrected chi connectivity index (χ4v) is 2.63. The van der Waals surface area contributed by atoms with Crippen molar-refractivity contribution in [1.82, 2.24) is 10.2 Å². The highest BCUT2D eigenvalue weighted by molar-refractivity contribution is 6.39. The molecule has 132 valence electrons. The van der Waals surface area contributed by atoms with E-state index in [1.54, 1.807) is 7.11 Å². The summed E-state index contributed by atoms with van der Waals surface area (Å²) in [6.45, 7) is 2.89. The second-order valence-corrected chi connectivity index (χ2v) is 5.66. The van der Waals surface area contributed by atoms with Crippen LogP contribution in [0.3, 0.4) is 0 Å². The van der Waals surface area contributed by atoms with Crippen molar-refractivity contribution in [2.45, 2.75) is 18.9 Å². The molecule has 0 saturated carbocycles. The minimum atomic E-state index is -1.19. The number of rotatable bonds is 5. The Hall–Kier alpha value is -2.06. The van der Waals surface area contributed by atoms with Gasteiger partial charge in [0.25, 0.3) is 0 Å². The number of hydrogen-bond acceptors (Lipinski definition) is 4. The van der Waals surface area contributed by atoms with Crippen LogP contribution in [-0.4, -0.2) is 56.1 Å². The minimum Gasteiger partial charge on any atom is -0.383 e. The average Bonchev–Trinajstić information content (AvgIpc) is 2.57. The summed E-state index contributed by atoms with van der Waals surface area (Å²) in [5.74, 6) is -4.16. The molecule has 0 unspecified atom stereocenters. The zero-order chi connectivity index (χ0) is 17.5. The molecule has 2 N–H and O–H groups in total. The molecule has 1 heterocycles. The number of carbonyl (C=O) groups excluding carboxylic acids is 2. The van der Waals surface area contributed by atoms with Gasteiger partial charge in [-0.2, -0.15) is 0 Å². The molecule has 0 aliphatic carbocycles. The first kappa shape index (κ1) is 18.3. The Morgan fingerprint density at radius 1 is 1.33 bits per heavy atom. The number of piperidine rings is 1. The van der Waals surface area contributed by atoms with E-state index in [1.165, 1.54) is 12.1 Å². The predicted molar refractivity (Wildman–Crippen MR) is 84.5 cm³/mol. The van der Waals surface area contributed by atoms with Crippen molar-refractivity contribution < 1.29 is 23.1 Å². The van der Waals surface area contributed by atoms with Gasteiger partial charge in [-0.15, -0.1) is 0 Å². The number of nitrogens with one attached hydrogen (secondary N) is 2. The van der Waals surface area contributed by atoms with Gasteiger partial charge in [-0.05, 0) is 31.5 Å². The van der Waals surface area contributed by atoms with Crippen LogP contribution in [0.25, 0.3) is 0 Å². The number of halogens is 2. The number of anilines is 1. The Balaban J connectivity index is 1.87. The number of likely N-dealkylation sites (tertiary alicyclic amines) is 1. The van der Waals surface area contributed by atoms with Gasteiger partial charge in [0.15, 0.2) is 11.6 Å². The molecule has 1 atom stereocenters. The highest BCUT2D eigenvalue weighted by atomic mass is 19.2. The van der Waals surface area contributed by atoms with E-state index in [4.69, 9.17) is 4.74 Å². The number of benzene rings is 1. The molecule has 24 heavy (non-hydrogen) atoms. The highest BCUT2D eigenvalue weighted by Gasteiger charge is 2.24. The largest absolute Gasteiger partial charge is 0.383 e. The van der Waals surface area contributed by atoms with Gasteiger partial charge < -0.3 is 15.4 Å². The fraction of sp³-hybridized carbons (Fsp3) is 0.500. The number of amides is 2. The maximum Gasteiger partial charge on any atom is 0.313 e. The van der Waals surface area contributed by atoms with Crippen molar-refractivity contribution in [2.24, 2.45) is 0 Å². The minimum absolute atomic E-state index is 0.161. The third-order valence-corrected chi connectivity index (χ3v) is 3.86. The van der Waals surface area contributed by atoms with Crippen molar-refractivity contribution in [3.63, 3.8) is 0 Å². The summed E-state index contributed by atoms with van der Waals surface area (Å²) < 4.78 is 31.6. The van der Waals surface area contributed by atoms with E-state index in [9.17, 15) is 18.4 Å². The zero-order valence-corrected chi connectivity index (χ0v) is 13.5. The van der Waals surface area contributed by atoms with Crippen molar-refractivity contribution >= 4 is 17.5 Å². The maximum atomic E-state index is 13.5. The number of carbonyl (C=O) groups is 2. The van der Waals surface area contributed by atoms with Crippen LogP contribution in [-0.2, 0) is 14.3 Å². The molecule has 6 nitrogen and oxygen atoms in total. The first-order valence-corrected chi connectivity index (χ1v) is 7.78. The van der Waals surface area contributed by atoms with Gasteiger partial charge in [0.1, 0.15) is 0 Å². The molecule has 8 heteroatoms. The van der Waals surface area contributed by atoms with Gasteiger partial charge in [0.2, 0.25) is 0 Å². The third kappa shape index (κ3) is 4.97. The van der Waals surface area contributed by atoms with E-state index in [0.717, 1.165) is 32.0 Å². The smallest absolute Gasteiger partial charge is 0.313 e. The molecule has 2 amide bonds. The van der Waals surface area contributed by atoms with Crippen molar-refractivity contribution in [2.75, 3.05) is 38.7 Å². The lowest BCUT2D eigenvalue weighted by molar-refractivity contribution is -0.136. The lowest BCUT2D eigenvalue weighted by Crippen LogP contribution is -2.50. The molecule has 1 fully saturated rings. The van der Waals surface area contributed by atoms with Gasteiger partial charge in [0, 0.05) is 26.2 Å². The quantitative estimate of drug-likeness (QED) is 0.788. The molecule has 0 spiro atoms. The SMILES string of the molecule is COCCN1CCC[C@@H](NC(=O)C(=O)Nc2cccc(F)c2F)C1. The van der Waals surface area contributed by atoms with Crippen molar-refractivity contribution in [3.8, 4) is 0 Å². The normalized spacial score (nSPS) is 18.2. The average molecular weight is 341 g/mol. The summed E-state index contributed by atoms with van der Waals surface area (Å²) in [6.07, 6.45) is 1.66. The number of ether oxygens (including phenoxy) is 1. The predicted octanol–water partition coefficient (Wildman–Crippen LogP) is 1.13. The fourth-order valence-electron chi connectivity index (χ4n) is 2.63. The first-order valence-electron chi connectivity index (χ1n) is 7.78. The second-order valence-electron chi connectivity index (χ2n) is 5.66. The monoisotopic (exact) mass is 341 g/mol. The van der Waals surface area contributed by atoms with E-state index in [1.807, 2.05) is 0 Å². The highest BCUT2D eigenvalue weighted by Crippen LogP contribution is 2.16. The van der Waals surface area contributed by atoms with E-state index >= 15 is 0 Å². The molecule has 1 aliphatic heterocycles. The Kier molecular flexibility index (Phi) is 6.62. The molecule has 1 aliphatic rings. The zero-order valence-electron chi connectivity index (χ0n) is 13.5. The molecule has 1 aromatic rings. The number of methoxy groups -OCH3 is 1. The van der Waals surface area contributed by atoms with Crippen molar-refractivity contribution in [3.05, 3.63) is 29.8 Å². The summed E-state index contributed by atoms with van der Waals surface area (Å²) >= 11 is 0. The first-order chi connectivity index (χ1) is 11.5. The van der Waals surface area contributed by atoms with Gasteiger partial charge >= 0.3 is 11.8 Å². The summed E-state index contributed by atoms with van der Waals surface area (Å²) in [6, 6.07) is 3.21. The molecule has 0 radical (unpaired) electrons. The van der Waals surface area contributed by atoms with Crippen LogP contribution < -0.4 is 10.6 Å². The number of nitrogens with zero attached hydrogens (tertiary/aromatic N) is 1. The van der Waals surface area contributed by atoms with E-state index in [0.29, 0.717) is 13.2 Å². The number of hydrogen-bond donors (Lipinski definition) is 2. The van der Waals surface area contributed by atoms with Crippen LogP contribution in [0.1, 0.15) is 12.8 Å². The Morgan fingerprint density at radius 2 is 2.12 bits per heavy atom.